The molecular formula is C19H16N2O2. The van der Waals surface area contributed by atoms with Gasteiger partial charge in [-0.2, -0.15) is 5.10 Å². The lowest BCUT2D eigenvalue weighted by Gasteiger charge is -2.12. The topological polar surface area (TPSA) is 52.1 Å². The van der Waals surface area contributed by atoms with Crippen LogP contribution in [0.1, 0.15) is 17.3 Å². The van der Waals surface area contributed by atoms with Crippen LogP contribution in [0, 0.1) is 0 Å². The first kappa shape index (κ1) is 14.9. The van der Waals surface area contributed by atoms with Crippen LogP contribution >= 0.6 is 0 Å². The Balaban J connectivity index is 2.23. The van der Waals surface area contributed by atoms with Crippen molar-refractivity contribution in [3.05, 3.63) is 72.4 Å². The highest BCUT2D eigenvalue weighted by atomic mass is 16.5. The van der Waals surface area contributed by atoms with E-state index in [4.69, 9.17) is 4.74 Å². The van der Waals surface area contributed by atoms with E-state index in [9.17, 15) is 4.79 Å². The van der Waals surface area contributed by atoms with Gasteiger partial charge in [-0.1, -0.05) is 60.7 Å². The van der Waals surface area contributed by atoms with Crippen molar-refractivity contribution in [1.82, 2.24) is 10.2 Å². The number of hydrogen-bond donors (Lipinski definition) is 0. The minimum atomic E-state index is -0.389. The van der Waals surface area contributed by atoms with Gasteiger partial charge in [-0.25, -0.2) is 4.79 Å². The first-order chi connectivity index (χ1) is 11.3. The summed E-state index contributed by atoms with van der Waals surface area (Å²) in [7, 11) is 0. The van der Waals surface area contributed by atoms with E-state index in [0.717, 1.165) is 16.7 Å². The van der Waals surface area contributed by atoms with Gasteiger partial charge in [0, 0.05) is 11.1 Å². The number of carbonyl (C=O) groups is 1. The van der Waals surface area contributed by atoms with Crippen LogP contribution in [0.5, 0.6) is 0 Å². The highest BCUT2D eigenvalue weighted by molar-refractivity contribution is 6.02. The molecule has 0 amide bonds. The minimum absolute atomic E-state index is 0.309. The molecule has 114 valence electrons. The van der Waals surface area contributed by atoms with Crippen LogP contribution < -0.4 is 0 Å². The van der Waals surface area contributed by atoms with Crippen LogP contribution in [0.3, 0.4) is 0 Å². The Kier molecular flexibility index (Phi) is 4.43. The largest absolute Gasteiger partial charge is 0.462 e. The monoisotopic (exact) mass is 304 g/mol. The fourth-order valence-electron chi connectivity index (χ4n) is 2.43. The van der Waals surface area contributed by atoms with Gasteiger partial charge in [0.25, 0.3) is 0 Å². The number of rotatable bonds is 4. The molecule has 0 bridgehead atoms. The number of benzene rings is 2. The molecule has 0 aliphatic carbocycles. The molecule has 4 nitrogen and oxygen atoms in total. The first-order valence-corrected chi connectivity index (χ1v) is 7.45. The molecule has 0 aliphatic rings. The standard InChI is InChI=1S/C19H16N2O2/c1-2-23-19(22)17-16(14-9-5-3-6-10-14)13-20-21-18(17)15-11-7-4-8-12-15/h3-13H,2H2,1H3. The molecule has 3 rings (SSSR count). The summed E-state index contributed by atoms with van der Waals surface area (Å²) in [6.45, 7) is 2.10. The molecule has 0 spiro atoms. The number of hydrogen-bond acceptors (Lipinski definition) is 4. The Morgan fingerprint density at radius 3 is 2.17 bits per heavy atom. The maximum Gasteiger partial charge on any atom is 0.341 e. The molecule has 4 heteroatoms. The summed E-state index contributed by atoms with van der Waals surface area (Å²) in [5.74, 6) is -0.389. The Morgan fingerprint density at radius 2 is 1.57 bits per heavy atom. The van der Waals surface area contributed by atoms with Crippen molar-refractivity contribution in [2.45, 2.75) is 6.92 Å². The van der Waals surface area contributed by atoms with Crippen molar-refractivity contribution in [1.29, 1.82) is 0 Å². The Bertz CT molecular complexity index is 744. The number of ether oxygens (including phenoxy) is 1. The molecule has 1 aromatic heterocycles. The molecule has 0 fully saturated rings. The van der Waals surface area contributed by atoms with Crippen LogP contribution in [0.25, 0.3) is 22.4 Å². The fraction of sp³-hybridized carbons (Fsp3) is 0.105. The Labute approximate surface area is 134 Å². The summed E-state index contributed by atoms with van der Waals surface area (Å²) >= 11 is 0. The number of esters is 1. The molecular weight excluding hydrogens is 288 g/mol. The molecule has 0 saturated heterocycles. The molecule has 0 radical (unpaired) electrons. The predicted octanol–water partition coefficient (Wildman–Crippen LogP) is 3.99. The van der Waals surface area contributed by atoms with E-state index in [1.54, 1.807) is 13.1 Å². The average molecular weight is 304 g/mol. The summed E-state index contributed by atoms with van der Waals surface area (Å²) in [5, 5.41) is 8.27. The molecule has 23 heavy (non-hydrogen) atoms. The molecule has 2 aromatic carbocycles. The van der Waals surface area contributed by atoms with E-state index >= 15 is 0 Å². The van der Waals surface area contributed by atoms with Gasteiger partial charge >= 0.3 is 5.97 Å². The lowest BCUT2D eigenvalue weighted by Crippen LogP contribution is -2.10. The van der Waals surface area contributed by atoms with Gasteiger partial charge in [-0.3, -0.25) is 0 Å². The van der Waals surface area contributed by atoms with Crippen LogP contribution in [0.15, 0.2) is 66.9 Å². The average Bonchev–Trinajstić information content (AvgIpc) is 2.63. The Hall–Kier alpha value is -3.01. The maximum atomic E-state index is 12.5. The van der Waals surface area contributed by atoms with E-state index in [2.05, 4.69) is 10.2 Å². The molecule has 0 saturated carbocycles. The van der Waals surface area contributed by atoms with Gasteiger partial charge in [0.1, 0.15) is 5.69 Å². The molecule has 0 aliphatic heterocycles. The van der Waals surface area contributed by atoms with Crippen molar-refractivity contribution in [3.63, 3.8) is 0 Å². The zero-order valence-electron chi connectivity index (χ0n) is 12.8. The number of aromatic nitrogens is 2. The van der Waals surface area contributed by atoms with Gasteiger partial charge in [-0.15, -0.1) is 5.10 Å². The second-order valence-electron chi connectivity index (χ2n) is 4.93. The summed E-state index contributed by atoms with van der Waals surface area (Å²) in [5.41, 5.74) is 3.44. The lowest BCUT2D eigenvalue weighted by atomic mass is 9.97. The van der Waals surface area contributed by atoms with Crippen LogP contribution in [-0.2, 0) is 4.74 Å². The third-order valence-corrected chi connectivity index (χ3v) is 3.46. The SMILES string of the molecule is CCOC(=O)c1c(-c2ccccc2)cnnc1-c1ccccc1. The van der Waals surface area contributed by atoms with Crippen molar-refractivity contribution in [2.75, 3.05) is 6.61 Å². The van der Waals surface area contributed by atoms with Gasteiger partial charge in [0.2, 0.25) is 0 Å². The highest BCUT2D eigenvalue weighted by Gasteiger charge is 2.21. The zero-order valence-corrected chi connectivity index (χ0v) is 12.8. The fourth-order valence-corrected chi connectivity index (χ4v) is 2.43. The normalized spacial score (nSPS) is 10.3. The number of nitrogens with zero attached hydrogens (tertiary/aromatic N) is 2. The van der Waals surface area contributed by atoms with Crippen LogP contribution in [-0.4, -0.2) is 22.8 Å². The van der Waals surface area contributed by atoms with E-state index in [-0.39, 0.29) is 5.97 Å². The molecule has 3 aromatic rings. The minimum Gasteiger partial charge on any atom is -0.462 e. The highest BCUT2D eigenvalue weighted by Crippen LogP contribution is 2.30. The third kappa shape index (κ3) is 3.11. The van der Waals surface area contributed by atoms with E-state index in [1.807, 2.05) is 60.7 Å². The molecule has 0 N–H and O–H groups in total. The second kappa shape index (κ2) is 6.83. The quantitative estimate of drug-likeness (QED) is 0.684. The third-order valence-electron chi connectivity index (χ3n) is 3.46. The predicted molar refractivity (Wildman–Crippen MR) is 88.9 cm³/mol. The summed E-state index contributed by atoms with van der Waals surface area (Å²) < 4.78 is 5.25. The summed E-state index contributed by atoms with van der Waals surface area (Å²) in [6.07, 6.45) is 1.61. The zero-order chi connectivity index (χ0) is 16.1. The first-order valence-electron chi connectivity index (χ1n) is 7.45. The van der Waals surface area contributed by atoms with Gasteiger partial charge < -0.3 is 4.74 Å². The summed E-state index contributed by atoms with van der Waals surface area (Å²) in [6, 6.07) is 19.2. The summed E-state index contributed by atoms with van der Waals surface area (Å²) in [4.78, 5) is 12.5. The van der Waals surface area contributed by atoms with Crippen LogP contribution in [0.2, 0.25) is 0 Å². The van der Waals surface area contributed by atoms with Crippen LogP contribution in [0.4, 0.5) is 0 Å². The molecule has 1 heterocycles. The smallest absolute Gasteiger partial charge is 0.341 e. The second-order valence-corrected chi connectivity index (χ2v) is 4.93. The lowest BCUT2D eigenvalue weighted by molar-refractivity contribution is 0.0527. The molecule has 0 atom stereocenters. The van der Waals surface area contributed by atoms with E-state index < -0.39 is 0 Å². The van der Waals surface area contributed by atoms with Gasteiger partial charge in [-0.05, 0) is 12.5 Å². The van der Waals surface area contributed by atoms with Gasteiger partial charge in [0.05, 0.1) is 18.4 Å². The Morgan fingerprint density at radius 1 is 0.957 bits per heavy atom. The van der Waals surface area contributed by atoms with Crippen molar-refractivity contribution >= 4 is 5.97 Å². The van der Waals surface area contributed by atoms with Crippen molar-refractivity contribution in [2.24, 2.45) is 0 Å². The van der Waals surface area contributed by atoms with Crippen molar-refractivity contribution < 1.29 is 9.53 Å². The maximum absolute atomic E-state index is 12.5. The van der Waals surface area contributed by atoms with Crippen molar-refractivity contribution in [3.8, 4) is 22.4 Å². The molecule has 0 unspecified atom stereocenters. The van der Waals surface area contributed by atoms with E-state index in [0.29, 0.717) is 17.9 Å². The van der Waals surface area contributed by atoms with E-state index in [1.165, 1.54) is 0 Å². The van der Waals surface area contributed by atoms with Gasteiger partial charge in [0.15, 0.2) is 0 Å². The number of carbonyl (C=O) groups excluding carboxylic acids is 1.